The van der Waals surface area contributed by atoms with Gasteiger partial charge in [-0.2, -0.15) is 0 Å². The number of amides is 1. The molecular weight excluding hydrogens is 797 g/mol. The molecule has 17 nitrogen and oxygen atoms in total. The minimum absolute atomic E-state index is 0.178. The summed E-state index contributed by atoms with van der Waals surface area (Å²) < 4.78 is 44.7. The van der Waals surface area contributed by atoms with E-state index in [9.17, 15) is 14.4 Å². The highest BCUT2D eigenvalue weighted by Crippen LogP contribution is 2.28. The molecule has 2 aromatic heterocycles. The Labute approximate surface area is 356 Å². The van der Waals surface area contributed by atoms with Crippen molar-refractivity contribution in [2.75, 3.05) is 133 Å². The zero-order chi connectivity index (χ0) is 42.6. The number of methoxy groups -OCH3 is 2. The predicted molar refractivity (Wildman–Crippen MR) is 223 cm³/mol. The second-order valence-electron chi connectivity index (χ2n) is 13.2. The number of ether oxygens (including phenoxy) is 8. The molecular formula is C42H56N6O11S. The molecule has 0 saturated carbocycles. The van der Waals surface area contributed by atoms with Gasteiger partial charge in [-0.25, -0.2) is 24.5 Å². The number of benzene rings is 1. The standard InChI is InChI=1S/C42H56N6O11S/c1-52-41(50)37-7-3-5-35(45-37)31-47-15-21-56-27-29-58-23-17-48(18-24-59-30-28-57-22-16-47)39(36-6-4-8-38(46-36)42(51)53-2)33-9-11-34(12-10-33)40(49)44-14-20-55-26-25-54-19-13-43-32-60/h3-12,39H,13-31H2,1-2H3,(H,44,49). The van der Waals surface area contributed by atoms with Gasteiger partial charge in [-0.3, -0.25) is 14.6 Å². The highest BCUT2D eigenvalue weighted by atomic mass is 32.1. The van der Waals surface area contributed by atoms with Crippen molar-refractivity contribution < 1.29 is 52.3 Å². The fourth-order valence-corrected chi connectivity index (χ4v) is 6.17. The lowest BCUT2D eigenvalue weighted by atomic mass is 9.99. The van der Waals surface area contributed by atoms with E-state index in [1.54, 1.807) is 36.4 Å². The van der Waals surface area contributed by atoms with Crippen molar-refractivity contribution in [2.24, 2.45) is 4.99 Å². The third kappa shape index (κ3) is 17.6. The van der Waals surface area contributed by atoms with E-state index in [1.165, 1.54) is 14.2 Å². The van der Waals surface area contributed by atoms with Crippen LogP contribution in [0.5, 0.6) is 0 Å². The summed E-state index contributed by atoms with van der Waals surface area (Å²) in [5.74, 6) is -1.26. The van der Waals surface area contributed by atoms with E-state index >= 15 is 0 Å². The summed E-state index contributed by atoms with van der Waals surface area (Å²) in [5, 5.41) is 5.18. The molecule has 1 fully saturated rings. The molecule has 1 atom stereocenters. The van der Waals surface area contributed by atoms with Gasteiger partial charge in [-0.15, -0.1) is 0 Å². The maximum atomic E-state index is 13.0. The van der Waals surface area contributed by atoms with Crippen LogP contribution in [0.1, 0.15) is 54.3 Å². The Morgan fingerprint density at radius 3 is 1.90 bits per heavy atom. The van der Waals surface area contributed by atoms with Gasteiger partial charge in [-0.05, 0) is 54.2 Å². The molecule has 0 spiro atoms. The molecule has 4 rings (SSSR count). The van der Waals surface area contributed by atoms with Crippen molar-refractivity contribution in [3.05, 3.63) is 94.6 Å². The van der Waals surface area contributed by atoms with Crippen LogP contribution in [0.3, 0.4) is 0 Å². The lowest BCUT2D eigenvalue weighted by molar-refractivity contribution is 0.00330. The minimum Gasteiger partial charge on any atom is -0.464 e. The predicted octanol–water partition coefficient (Wildman–Crippen LogP) is 2.89. The number of hydrogen-bond donors (Lipinski definition) is 1. The molecule has 1 aliphatic heterocycles. The number of thiocarbonyl (C=S) groups is 1. The Morgan fingerprint density at radius 2 is 1.30 bits per heavy atom. The Hall–Kier alpha value is -4.59. The van der Waals surface area contributed by atoms with Gasteiger partial charge in [0.2, 0.25) is 0 Å². The molecule has 326 valence electrons. The SMILES string of the molecule is COC(=O)c1cccc(CN2CCOCCOCCN(C(c3ccc(C(=O)NCCOCCOCCN=C=S)cc3)c3cccc(C(=O)OC)n3)CCOCCOCC2)n1. The average Bonchev–Trinajstić information content (AvgIpc) is 3.27. The molecule has 1 amide bonds. The Kier molecular flexibility index (Phi) is 23.1. The minimum atomic E-state index is -0.546. The molecule has 3 heterocycles. The molecule has 1 unspecified atom stereocenters. The third-order valence-electron chi connectivity index (χ3n) is 9.10. The van der Waals surface area contributed by atoms with E-state index < -0.39 is 18.0 Å². The summed E-state index contributed by atoms with van der Waals surface area (Å²) in [7, 11) is 2.65. The highest BCUT2D eigenvalue weighted by Gasteiger charge is 2.25. The lowest BCUT2D eigenvalue weighted by Crippen LogP contribution is -2.36. The topological polar surface area (TPSA) is 182 Å². The third-order valence-corrected chi connectivity index (χ3v) is 9.22. The van der Waals surface area contributed by atoms with Gasteiger partial charge >= 0.3 is 11.9 Å². The number of carbonyl (C=O) groups is 3. The lowest BCUT2D eigenvalue weighted by Gasteiger charge is -2.32. The van der Waals surface area contributed by atoms with Crippen LogP contribution in [0, 0.1) is 0 Å². The molecule has 1 N–H and O–H groups in total. The number of isothiocyanates is 1. The molecule has 60 heavy (non-hydrogen) atoms. The van der Waals surface area contributed by atoms with Gasteiger partial charge < -0.3 is 43.2 Å². The van der Waals surface area contributed by atoms with Crippen LogP contribution in [0.25, 0.3) is 0 Å². The Balaban J connectivity index is 1.38. The summed E-state index contributed by atoms with van der Waals surface area (Å²) in [4.78, 5) is 54.8. The molecule has 0 radical (unpaired) electrons. The van der Waals surface area contributed by atoms with Gasteiger partial charge in [0.25, 0.3) is 5.91 Å². The van der Waals surface area contributed by atoms with Crippen molar-refractivity contribution >= 4 is 35.2 Å². The number of rotatable bonds is 17. The maximum absolute atomic E-state index is 13.0. The van der Waals surface area contributed by atoms with Crippen LogP contribution in [-0.2, 0) is 44.4 Å². The molecule has 0 aliphatic carbocycles. The van der Waals surface area contributed by atoms with E-state index in [-0.39, 0.29) is 17.3 Å². The van der Waals surface area contributed by atoms with E-state index in [2.05, 4.69) is 42.5 Å². The number of nitrogens with one attached hydrogen (secondary N) is 1. The molecule has 1 aromatic carbocycles. The number of aliphatic imine (C=N–C) groups is 1. The van der Waals surface area contributed by atoms with E-state index in [0.717, 1.165) is 11.3 Å². The van der Waals surface area contributed by atoms with Crippen LogP contribution in [0.15, 0.2) is 65.7 Å². The van der Waals surface area contributed by atoms with E-state index in [4.69, 9.17) is 42.9 Å². The second kappa shape index (κ2) is 28.8. The zero-order valence-electron chi connectivity index (χ0n) is 34.4. The Morgan fingerprint density at radius 1 is 0.733 bits per heavy atom. The number of pyridine rings is 2. The summed E-state index contributed by atoms with van der Waals surface area (Å²) in [6, 6.07) is 17.4. The van der Waals surface area contributed by atoms with Crippen molar-refractivity contribution in [3.63, 3.8) is 0 Å². The fourth-order valence-electron chi connectivity index (χ4n) is 6.07. The summed E-state index contributed by atoms with van der Waals surface area (Å²) in [5.41, 5.74) is 3.13. The number of aromatic nitrogens is 2. The van der Waals surface area contributed by atoms with Crippen LogP contribution in [-0.4, -0.2) is 176 Å². The molecule has 0 bridgehead atoms. The van der Waals surface area contributed by atoms with Gasteiger partial charge in [0.05, 0.1) is 123 Å². The summed E-state index contributed by atoms with van der Waals surface area (Å²) in [6.07, 6.45) is 0. The second-order valence-corrected chi connectivity index (χ2v) is 13.4. The van der Waals surface area contributed by atoms with Crippen LogP contribution < -0.4 is 5.32 Å². The fraction of sp³-hybridized carbons (Fsp3) is 0.524. The highest BCUT2D eigenvalue weighted by molar-refractivity contribution is 7.78. The van der Waals surface area contributed by atoms with Crippen LogP contribution in [0.4, 0.5) is 0 Å². The molecule has 1 aliphatic rings. The quantitative estimate of drug-likeness (QED) is 0.0906. The number of nitrogens with zero attached hydrogens (tertiary/aromatic N) is 5. The molecule has 3 aromatic rings. The van der Waals surface area contributed by atoms with Gasteiger partial charge in [0.1, 0.15) is 11.4 Å². The first kappa shape index (κ1) is 48.1. The normalized spacial score (nSPS) is 16.0. The maximum Gasteiger partial charge on any atom is 0.356 e. The number of hydrogen-bond acceptors (Lipinski definition) is 17. The van der Waals surface area contributed by atoms with Gasteiger partial charge in [-0.1, -0.05) is 24.3 Å². The Bertz CT molecular complexity index is 1760. The smallest absolute Gasteiger partial charge is 0.356 e. The first-order chi connectivity index (χ1) is 29.4. The van der Waals surface area contributed by atoms with E-state index in [0.29, 0.717) is 136 Å². The average molecular weight is 853 g/mol. The van der Waals surface area contributed by atoms with Crippen molar-refractivity contribution in [3.8, 4) is 0 Å². The first-order valence-corrected chi connectivity index (χ1v) is 20.3. The van der Waals surface area contributed by atoms with E-state index in [1.807, 2.05) is 24.3 Å². The first-order valence-electron chi connectivity index (χ1n) is 19.9. The van der Waals surface area contributed by atoms with Gasteiger partial charge in [0.15, 0.2) is 0 Å². The monoisotopic (exact) mass is 852 g/mol. The van der Waals surface area contributed by atoms with Crippen molar-refractivity contribution in [2.45, 2.75) is 12.6 Å². The van der Waals surface area contributed by atoms with Crippen molar-refractivity contribution in [1.29, 1.82) is 0 Å². The van der Waals surface area contributed by atoms with Gasteiger partial charge in [0, 0.05) is 44.8 Å². The zero-order valence-corrected chi connectivity index (χ0v) is 35.2. The largest absolute Gasteiger partial charge is 0.464 e. The number of esters is 2. The molecule has 18 heteroatoms. The van der Waals surface area contributed by atoms with Crippen molar-refractivity contribution in [1.82, 2.24) is 25.1 Å². The van der Waals surface area contributed by atoms with Crippen LogP contribution >= 0.6 is 12.2 Å². The number of carbonyl (C=O) groups excluding carboxylic acids is 3. The summed E-state index contributed by atoms with van der Waals surface area (Å²) in [6.45, 7) is 8.34. The molecule has 1 saturated heterocycles. The summed E-state index contributed by atoms with van der Waals surface area (Å²) >= 11 is 4.53. The van der Waals surface area contributed by atoms with Crippen LogP contribution in [0.2, 0.25) is 0 Å².